The summed E-state index contributed by atoms with van der Waals surface area (Å²) in [4.78, 5) is 0. The zero-order valence-electron chi connectivity index (χ0n) is 13.0. The molecule has 2 unspecified atom stereocenters. The van der Waals surface area contributed by atoms with E-state index in [2.05, 4.69) is 40.7 Å². The molecule has 2 atom stereocenters. The first-order valence-corrected chi connectivity index (χ1v) is 7.55. The zero-order valence-corrected chi connectivity index (χ0v) is 13.0. The molecule has 0 fully saturated rings. The topological polar surface area (TPSA) is 39.1 Å². The van der Waals surface area contributed by atoms with Crippen molar-refractivity contribution in [2.45, 2.75) is 31.9 Å². The van der Waals surface area contributed by atoms with Gasteiger partial charge in [-0.05, 0) is 37.6 Å². The highest BCUT2D eigenvalue weighted by Gasteiger charge is 2.28. The van der Waals surface area contributed by atoms with Gasteiger partial charge in [0.1, 0.15) is 0 Å². The SMILES string of the molecule is CNC(Cc1cc(C)nn1C)C1OCCc2ccccc21. The van der Waals surface area contributed by atoms with Crippen LogP contribution in [0.1, 0.15) is 28.6 Å². The molecule has 0 spiro atoms. The van der Waals surface area contributed by atoms with Gasteiger partial charge < -0.3 is 10.1 Å². The predicted molar refractivity (Wildman–Crippen MR) is 83.3 cm³/mol. The van der Waals surface area contributed by atoms with Gasteiger partial charge >= 0.3 is 0 Å². The van der Waals surface area contributed by atoms with Crippen LogP contribution in [0.5, 0.6) is 0 Å². The molecule has 112 valence electrons. The van der Waals surface area contributed by atoms with Gasteiger partial charge in [0, 0.05) is 25.2 Å². The van der Waals surface area contributed by atoms with Crippen molar-refractivity contribution in [3.8, 4) is 0 Å². The number of nitrogens with one attached hydrogen (secondary N) is 1. The molecule has 4 nitrogen and oxygen atoms in total. The Hall–Kier alpha value is -1.65. The van der Waals surface area contributed by atoms with E-state index < -0.39 is 0 Å². The number of rotatable bonds is 4. The molecule has 1 aromatic carbocycles. The fraction of sp³-hybridized carbons (Fsp3) is 0.471. The molecule has 0 bridgehead atoms. The van der Waals surface area contributed by atoms with Gasteiger partial charge in [-0.2, -0.15) is 5.10 Å². The average molecular weight is 285 g/mol. The molecule has 1 N–H and O–H groups in total. The summed E-state index contributed by atoms with van der Waals surface area (Å²) in [6.45, 7) is 2.83. The number of benzene rings is 1. The van der Waals surface area contributed by atoms with Crippen LogP contribution in [0, 0.1) is 6.92 Å². The van der Waals surface area contributed by atoms with Gasteiger partial charge in [0.2, 0.25) is 0 Å². The Balaban J connectivity index is 1.86. The summed E-state index contributed by atoms with van der Waals surface area (Å²) < 4.78 is 8.05. The van der Waals surface area contributed by atoms with E-state index in [1.165, 1.54) is 16.8 Å². The Labute approximate surface area is 126 Å². The van der Waals surface area contributed by atoms with Crippen molar-refractivity contribution in [3.05, 3.63) is 52.8 Å². The molecular weight excluding hydrogens is 262 g/mol. The molecule has 0 saturated heterocycles. The minimum atomic E-state index is 0.107. The third-order valence-electron chi connectivity index (χ3n) is 4.29. The van der Waals surface area contributed by atoms with E-state index in [1.807, 2.05) is 25.7 Å². The first-order valence-electron chi connectivity index (χ1n) is 7.55. The van der Waals surface area contributed by atoms with E-state index in [4.69, 9.17) is 4.74 Å². The number of aromatic nitrogens is 2. The maximum atomic E-state index is 6.08. The third kappa shape index (κ3) is 2.87. The second-order valence-corrected chi connectivity index (χ2v) is 5.74. The molecular formula is C17H23N3O. The van der Waals surface area contributed by atoms with Crippen LogP contribution in [0.3, 0.4) is 0 Å². The van der Waals surface area contributed by atoms with Crippen LogP contribution in [0.15, 0.2) is 30.3 Å². The van der Waals surface area contributed by atoms with E-state index >= 15 is 0 Å². The highest BCUT2D eigenvalue weighted by molar-refractivity contribution is 5.32. The van der Waals surface area contributed by atoms with Gasteiger partial charge in [-0.25, -0.2) is 0 Å². The van der Waals surface area contributed by atoms with Crippen molar-refractivity contribution in [2.24, 2.45) is 7.05 Å². The smallest absolute Gasteiger partial charge is 0.0984 e. The molecule has 1 aliphatic rings. The van der Waals surface area contributed by atoms with Gasteiger partial charge in [-0.3, -0.25) is 4.68 Å². The van der Waals surface area contributed by atoms with Crippen LogP contribution in [-0.4, -0.2) is 29.5 Å². The Kier molecular flexibility index (Phi) is 4.08. The van der Waals surface area contributed by atoms with Gasteiger partial charge in [-0.1, -0.05) is 24.3 Å². The van der Waals surface area contributed by atoms with Crippen molar-refractivity contribution in [1.82, 2.24) is 15.1 Å². The molecule has 1 aromatic heterocycles. The van der Waals surface area contributed by atoms with Crippen LogP contribution < -0.4 is 5.32 Å². The Morgan fingerprint density at radius 1 is 1.43 bits per heavy atom. The summed E-state index contributed by atoms with van der Waals surface area (Å²) in [6.07, 6.45) is 2.02. The molecule has 1 aliphatic heterocycles. The first-order chi connectivity index (χ1) is 10.2. The number of likely N-dealkylation sites (N-methyl/N-ethyl adjacent to an activating group) is 1. The van der Waals surface area contributed by atoms with Gasteiger partial charge in [0.25, 0.3) is 0 Å². The van der Waals surface area contributed by atoms with Gasteiger partial charge in [0.15, 0.2) is 0 Å². The number of hydrogen-bond donors (Lipinski definition) is 1. The minimum absolute atomic E-state index is 0.107. The molecule has 0 saturated carbocycles. The zero-order chi connectivity index (χ0) is 14.8. The maximum Gasteiger partial charge on any atom is 0.0984 e. The molecule has 2 aromatic rings. The van der Waals surface area contributed by atoms with Crippen LogP contribution in [0.25, 0.3) is 0 Å². The second-order valence-electron chi connectivity index (χ2n) is 5.74. The lowest BCUT2D eigenvalue weighted by Gasteiger charge is -2.32. The first kappa shape index (κ1) is 14.3. The fourth-order valence-electron chi connectivity index (χ4n) is 3.20. The lowest BCUT2D eigenvalue weighted by atomic mass is 9.91. The molecule has 0 amide bonds. The Bertz CT molecular complexity index is 620. The quantitative estimate of drug-likeness (QED) is 0.936. The largest absolute Gasteiger partial charge is 0.372 e. The van der Waals surface area contributed by atoms with Crippen LogP contribution >= 0.6 is 0 Å². The van der Waals surface area contributed by atoms with E-state index in [0.717, 1.165) is 25.1 Å². The van der Waals surface area contributed by atoms with Gasteiger partial charge in [-0.15, -0.1) is 0 Å². The highest BCUT2D eigenvalue weighted by Crippen LogP contribution is 2.30. The number of fused-ring (bicyclic) bond motifs is 1. The third-order valence-corrected chi connectivity index (χ3v) is 4.29. The number of hydrogen-bond acceptors (Lipinski definition) is 3. The maximum absolute atomic E-state index is 6.08. The predicted octanol–water partition coefficient (Wildman–Crippen LogP) is 2.17. The number of aryl methyl sites for hydroxylation is 2. The molecule has 3 rings (SSSR count). The van der Waals surface area contributed by atoms with E-state index in [1.54, 1.807) is 0 Å². The average Bonchev–Trinajstić information content (AvgIpc) is 2.82. The summed E-state index contributed by atoms with van der Waals surface area (Å²) in [5.74, 6) is 0. The Morgan fingerprint density at radius 3 is 2.95 bits per heavy atom. The molecule has 4 heteroatoms. The van der Waals surface area contributed by atoms with Gasteiger partial charge in [0.05, 0.1) is 18.4 Å². The van der Waals surface area contributed by atoms with Crippen molar-refractivity contribution in [1.29, 1.82) is 0 Å². The lowest BCUT2D eigenvalue weighted by molar-refractivity contribution is 0.0168. The molecule has 21 heavy (non-hydrogen) atoms. The summed E-state index contributed by atoms with van der Waals surface area (Å²) in [6, 6.07) is 11.0. The minimum Gasteiger partial charge on any atom is -0.372 e. The number of nitrogens with zero attached hydrogens (tertiary/aromatic N) is 2. The molecule has 2 heterocycles. The van der Waals surface area contributed by atoms with E-state index in [-0.39, 0.29) is 12.1 Å². The normalized spacial score (nSPS) is 19.3. The van der Waals surface area contributed by atoms with Crippen molar-refractivity contribution in [3.63, 3.8) is 0 Å². The lowest BCUT2D eigenvalue weighted by Crippen LogP contribution is -2.38. The Morgan fingerprint density at radius 2 is 2.24 bits per heavy atom. The fourth-order valence-corrected chi connectivity index (χ4v) is 3.20. The van der Waals surface area contributed by atoms with Crippen LogP contribution in [-0.2, 0) is 24.6 Å². The monoisotopic (exact) mass is 285 g/mol. The molecule has 0 radical (unpaired) electrons. The standard InChI is InChI=1S/C17H23N3O/c1-12-10-14(20(3)19-12)11-16(18-2)17-15-7-5-4-6-13(15)8-9-21-17/h4-7,10,16-18H,8-9,11H2,1-3H3. The van der Waals surface area contributed by atoms with Crippen molar-refractivity contribution < 1.29 is 4.74 Å². The number of ether oxygens (including phenoxy) is 1. The summed E-state index contributed by atoms with van der Waals surface area (Å²) >= 11 is 0. The second kappa shape index (κ2) is 6.00. The van der Waals surface area contributed by atoms with Crippen molar-refractivity contribution in [2.75, 3.05) is 13.7 Å². The molecule has 0 aliphatic carbocycles. The van der Waals surface area contributed by atoms with E-state index in [0.29, 0.717) is 0 Å². The summed E-state index contributed by atoms with van der Waals surface area (Å²) in [5.41, 5.74) is 5.03. The van der Waals surface area contributed by atoms with Crippen molar-refractivity contribution >= 4 is 0 Å². The summed E-state index contributed by atoms with van der Waals surface area (Å²) in [5, 5.41) is 7.87. The van der Waals surface area contributed by atoms with E-state index in [9.17, 15) is 0 Å². The van der Waals surface area contributed by atoms with Crippen LogP contribution in [0.4, 0.5) is 0 Å². The highest BCUT2D eigenvalue weighted by atomic mass is 16.5. The van der Waals surface area contributed by atoms with Crippen LogP contribution in [0.2, 0.25) is 0 Å². The summed E-state index contributed by atoms with van der Waals surface area (Å²) in [7, 11) is 4.01.